The molecule has 1 aliphatic carbocycles. The van der Waals surface area contributed by atoms with Crippen molar-refractivity contribution in [2.45, 2.75) is 18.9 Å². The van der Waals surface area contributed by atoms with E-state index >= 15 is 0 Å². The maximum atomic E-state index is 12.1. The number of hydrogen-bond donors (Lipinski definition) is 2. The molecule has 1 aromatic carbocycles. The van der Waals surface area contributed by atoms with Crippen molar-refractivity contribution in [1.29, 1.82) is 0 Å². The second-order valence-electron chi connectivity index (χ2n) is 4.69. The third kappa shape index (κ3) is 2.11. The lowest BCUT2D eigenvalue weighted by molar-refractivity contribution is 0.0992. The molecule has 94 valence electrons. The molecule has 0 saturated heterocycles. The number of ether oxygens (including phenoxy) is 1. The number of hydrogen-bond acceptors (Lipinski definition) is 3. The molecule has 2 aromatic rings. The van der Waals surface area contributed by atoms with Crippen LogP contribution in [-0.4, -0.2) is 30.5 Å². The third-order valence-corrected chi connectivity index (χ3v) is 3.32. The number of aromatic amines is 1. The lowest BCUT2D eigenvalue weighted by atomic mass is 10.1. The van der Waals surface area contributed by atoms with Gasteiger partial charge in [-0.3, -0.25) is 4.79 Å². The summed E-state index contributed by atoms with van der Waals surface area (Å²) >= 11 is 0. The fraction of sp³-hybridized carbons (Fsp3) is 0.357. The zero-order chi connectivity index (χ0) is 12.5. The lowest BCUT2D eigenvalue weighted by Gasteiger charge is -2.02. The molecule has 4 nitrogen and oxygen atoms in total. The number of carbonyl (C=O) groups is 1. The Hall–Kier alpha value is -1.81. The smallest absolute Gasteiger partial charge is 0.178 e. The van der Waals surface area contributed by atoms with Crippen LogP contribution in [0.4, 0.5) is 0 Å². The molecule has 1 saturated carbocycles. The summed E-state index contributed by atoms with van der Waals surface area (Å²) in [6.07, 6.45) is 4.16. The molecule has 0 amide bonds. The Morgan fingerprint density at radius 1 is 1.50 bits per heavy atom. The van der Waals surface area contributed by atoms with Crippen molar-refractivity contribution in [1.82, 2.24) is 10.3 Å². The Labute approximate surface area is 105 Å². The molecule has 0 aliphatic heterocycles. The van der Waals surface area contributed by atoms with Crippen molar-refractivity contribution < 1.29 is 9.53 Å². The fourth-order valence-corrected chi connectivity index (χ4v) is 2.08. The monoisotopic (exact) mass is 244 g/mol. The van der Waals surface area contributed by atoms with Gasteiger partial charge in [0, 0.05) is 28.7 Å². The van der Waals surface area contributed by atoms with Crippen molar-refractivity contribution in [2.24, 2.45) is 0 Å². The molecule has 4 heteroatoms. The second-order valence-corrected chi connectivity index (χ2v) is 4.69. The van der Waals surface area contributed by atoms with Gasteiger partial charge >= 0.3 is 0 Å². The van der Waals surface area contributed by atoms with E-state index in [-0.39, 0.29) is 5.78 Å². The summed E-state index contributed by atoms with van der Waals surface area (Å²) in [5, 5.41) is 4.17. The summed E-state index contributed by atoms with van der Waals surface area (Å²) in [5.74, 6) is 0.896. The van der Waals surface area contributed by atoms with Gasteiger partial charge in [-0.25, -0.2) is 0 Å². The van der Waals surface area contributed by atoms with E-state index in [1.165, 1.54) is 12.8 Å². The van der Waals surface area contributed by atoms with Gasteiger partial charge in [0.15, 0.2) is 5.78 Å². The van der Waals surface area contributed by atoms with Crippen LogP contribution in [-0.2, 0) is 0 Å². The first-order chi connectivity index (χ1) is 8.78. The number of carbonyl (C=O) groups excluding carboxylic acids is 1. The Kier molecular flexibility index (Phi) is 2.80. The van der Waals surface area contributed by atoms with Crippen molar-refractivity contribution in [3.05, 3.63) is 30.0 Å². The minimum atomic E-state index is 0.126. The Morgan fingerprint density at radius 2 is 2.33 bits per heavy atom. The number of ketones is 1. The zero-order valence-electron chi connectivity index (χ0n) is 10.3. The Morgan fingerprint density at radius 3 is 3.06 bits per heavy atom. The molecule has 1 fully saturated rings. The van der Waals surface area contributed by atoms with Crippen LogP contribution < -0.4 is 10.1 Å². The van der Waals surface area contributed by atoms with Crippen LogP contribution in [0.2, 0.25) is 0 Å². The summed E-state index contributed by atoms with van der Waals surface area (Å²) in [7, 11) is 1.63. The quantitative estimate of drug-likeness (QED) is 0.792. The van der Waals surface area contributed by atoms with Gasteiger partial charge in [-0.2, -0.15) is 0 Å². The summed E-state index contributed by atoms with van der Waals surface area (Å²) in [4.78, 5) is 15.2. The molecular weight excluding hydrogens is 228 g/mol. The zero-order valence-corrected chi connectivity index (χ0v) is 10.3. The lowest BCUT2D eigenvalue weighted by Crippen LogP contribution is -2.24. The first kappa shape index (κ1) is 11.3. The summed E-state index contributed by atoms with van der Waals surface area (Å²) < 4.78 is 5.19. The predicted octanol–water partition coefficient (Wildman–Crippen LogP) is 2.11. The normalized spacial score (nSPS) is 14.9. The van der Waals surface area contributed by atoms with Gasteiger partial charge in [0.1, 0.15) is 5.75 Å². The topological polar surface area (TPSA) is 54.1 Å². The number of benzene rings is 1. The first-order valence-electron chi connectivity index (χ1n) is 6.19. The molecule has 0 unspecified atom stereocenters. The van der Waals surface area contributed by atoms with E-state index in [2.05, 4.69) is 10.3 Å². The Balaban J connectivity index is 1.87. The van der Waals surface area contributed by atoms with Crippen LogP contribution in [0.3, 0.4) is 0 Å². The molecule has 3 rings (SSSR count). The van der Waals surface area contributed by atoms with E-state index in [0.717, 1.165) is 22.2 Å². The standard InChI is InChI=1S/C14H16N2O2/c1-18-10-4-5-13-11(6-10)12(7-16-13)14(17)8-15-9-2-3-9/h4-7,9,15-16H,2-3,8H2,1H3. The van der Waals surface area contributed by atoms with E-state index in [0.29, 0.717) is 12.6 Å². The molecule has 0 atom stereocenters. The van der Waals surface area contributed by atoms with Crippen LogP contribution >= 0.6 is 0 Å². The molecule has 1 heterocycles. The predicted molar refractivity (Wildman–Crippen MR) is 70.2 cm³/mol. The van der Waals surface area contributed by atoms with E-state index in [1.54, 1.807) is 13.3 Å². The average Bonchev–Trinajstić information content (AvgIpc) is 3.13. The van der Waals surface area contributed by atoms with E-state index in [1.807, 2.05) is 18.2 Å². The van der Waals surface area contributed by atoms with Crippen molar-refractivity contribution in [3.63, 3.8) is 0 Å². The minimum absolute atomic E-state index is 0.126. The van der Waals surface area contributed by atoms with Gasteiger partial charge in [0.05, 0.1) is 13.7 Å². The molecule has 0 radical (unpaired) electrons. The van der Waals surface area contributed by atoms with Crippen molar-refractivity contribution in [3.8, 4) is 5.75 Å². The number of Topliss-reactive ketones (excluding diaryl/α,β-unsaturated/α-hetero) is 1. The number of rotatable bonds is 5. The largest absolute Gasteiger partial charge is 0.497 e. The number of fused-ring (bicyclic) bond motifs is 1. The summed E-state index contributed by atoms with van der Waals surface area (Å²) in [6, 6.07) is 6.26. The van der Waals surface area contributed by atoms with Crippen LogP contribution in [0.15, 0.2) is 24.4 Å². The van der Waals surface area contributed by atoms with E-state index < -0.39 is 0 Å². The number of H-pyrrole nitrogens is 1. The first-order valence-corrected chi connectivity index (χ1v) is 6.19. The Bertz CT molecular complexity index is 584. The van der Waals surface area contributed by atoms with Gasteiger partial charge in [-0.1, -0.05) is 0 Å². The molecular formula is C14H16N2O2. The maximum Gasteiger partial charge on any atom is 0.178 e. The maximum absolute atomic E-state index is 12.1. The van der Waals surface area contributed by atoms with Crippen molar-refractivity contribution in [2.75, 3.05) is 13.7 Å². The van der Waals surface area contributed by atoms with Crippen LogP contribution in [0.5, 0.6) is 5.75 Å². The van der Waals surface area contributed by atoms with Crippen LogP contribution in [0.1, 0.15) is 23.2 Å². The highest BCUT2D eigenvalue weighted by molar-refractivity contribution is 6.09. The van der Waals surface area contributed by atoms with Crippen LogP contribution in [0.25, 0.3) is 10.9 Å². The molecule has 0 bridgehead atoms. The fourth-order valence-electron chi connectivity index (χ4n) is 2.08. The van der Waals surface area contributed by atoms with Gasteiger partial charge in [-0.15, -0.1) is 0 Å². The SMILES string of the molecule is COc1ccc2[nH]cc(C(=O)CNC3CC3)c2c1. The molecule has 1 aromatic heterocycles. The highest BCUT2D eigenvalue weighted by Crippen LogP contribution is 2.24. The van der Waals surface area contributed by atoms with Crippen molar-refractivity contribution >= 4 is 16.7 Å². The van der Waals surface area contributed by atoms with Gasteiger partial charge < -0.3 is 15.0 Å². The third-order valence-electron chi connectivity index (χ3n) is 3.32. The number of methoxy groups -OCH3 is 1. The van der Waals surface area contributed by atoms with E-state index in [4.69, 9.17) is 4.74 Å². The number of nitrogens with one attached hydrogen (secondary N) is 2. The molecule has 18 heavy (non-hydrogen) atoms. The van der Waals surface area contributed by atoms with E-state index in [9.17, 15) is 4.79 Å². The number of aromatic nitrogens is 1. The highest BCUT2D eigenvalue weighted by atomic mass is 16.5. The highest BCUT2D eigenvalue weighted by Gasteiger charge is 2.22. The summed E-state index contributed by atoms with van der Waals surface area (Å²) in [5.41, 5.74) is 1.70. The minimum Gasteiger partial charge on any atom is -0.497 e. The van der Waals surface area contributed by atoms with Gasteiger partial charge in [0.25, 0.3) is 0 Å². The van der Waals surface area contributed by atoms with Crippen LogP contribution in [0, 0.1) is 0 Å². The molecule has 1 aliphatic rings. The molecule has 0 spiro atoms. The summed E-state index contributed by atoms with van der Waals surface area (Å²) in [6.45, 7) is 0.412. The molecule has 2 N–H and O–H groups in total. The average molecular weight is 244 g/mol. The van der Waals surface area contributed by atoms with Gasteiger partial charge in [0.2, 0.25) is 0 Å². The second kappa shape index (κ2) is 4.46. The van der Waals surface area contributed by atoms with Gasteiger partial charge in [-0.05, 0) is 31.0 Å².